The van der Waals surface area contributed by atoms with E-state index in [0.29, 0.717) is 0 Å². The molecule has 0 bridgehead atoms. The van der Waals surface area contributed by atoms with E-state index in [1.165, 1.54) is 17.2 Å². The van der Waals surface area contributed by atoms with Gasteiger partial charge in [0.05, 0.1) is 0 Å². The second-order valence-electron chi connectivity index (χ2n) is 8.21. The molecule has 0 fully saturated rings. The normalized spacial score (nSPS) is 18.2. The highest BCUT2D eigenvalue weighted by atomic mass is 19.1. The second kappa shape index (κ2) is 5.67. The molecular weight excluding hydrogens is 339 g/mol. The van der Waals surface area contributed by atoms with E-state index >= 15 is 0 Å². The molecule has 2 aliphatic rings. The van der Waals surface area contributed by atoms with Crippen LogP contribution in [-0.4, -0.2) is 30.1 Å². The van der Waals surface area contributed by atoms with Gasteiger partial charge in [0, 0.05) is 66.2 Å². The van der Waals surface area contributed by atoms with Crippen LogP contribution in [-0.2, 0) is 6.54 Å². The number of fused-ring (bicyclic) bond motifs is 2. The molecule has 5 rings (SSSR count). The molecule has 5 heteroatoms. The lowest BCUT2D eigenvalue weighted by Gasteiger charge is -2.33. The number of H-pyrrole nitrogens is 1. The van der Waals surface area contributed by atoms with Gasteiger partial charge in [-0.2, -0.15) is 0 Å². The van der Waals surface area contributed by atoms with E-state index in [0.717, 1.165) is 53.2 Å². The Balaban J connectivity index is 1.83. The van der Waals surface area contributed by atoms with Crippen molar-refractivity contribution in [2.45, 2.75) is 20.4 Å². The first-order valence-electron chi connectivity index (χ1n) is 9.38. The maximum absolute atomic E-state index is 14.1. The first-order chi connectivity index (χ1) is 13.0. The summed E-state index contributed by atoms with van der Waals surface area (Å²) in [6.45, 7) is 7.10. The number of rotatable bonds is 1. The monoisotopic (exact) mass is 362 g/mol. The number of hydrogen-bond acceptors (Lipinski definition) is 3. The summed E-state index contributed by atoms with van der Waals surface area (Å²) in [5.41, 5.74) is 7.65. The van der Waals surface area contributed by atoms with Crippen LogP contribution in [0.4, 0.5) is 10.1 Å². The number of aromatic amines is 1. The van der Waals surface area contributed by atoms with E-state index in [4.69, 9.17) is 0 Å². The largest absolute Gasteiger partial charge is 0.370 e. The Bertz CT molecular complexity index is 1090. The molecule has 2 N–H and O–H groups in total. The summed E-state index contributed by atoms with van der Waals surface area (Å²) in [4.78, 5) is 10.4. The maximum Gasteiger partial charge on any atom is 0.138 e. The van der Waals surface area contributed by atoms with E-state index in [2.05, 4.69) is 47.2 Å². The zero-order valence-electron chi connectivity index (χ0n) is 15.9. The molecule has 27 heavy (non-hydrogen) atoms. The Morgan fingerprint density at radius 1 is 1.19 bits per heavy atom. The quantitative estimate of drug-likeness (QED) is 0.677. The van der Waals surface area contributed by atoms with Crippen LogP contribution in [0.15, 0.2) is 36.5 Å². The summed E-state index contributed by atoms with van der Waals surface area (Å²) in [6, 6.07) is 7.05. The van der Waals surface area contributed by atoms with Crippen LogP contribution in [0, 0.1) is 11.2 Å². The van der Waals surface area contributed by atoms with Crippen molar-refractivity contribution in [1.82, 2.24) is 15.3 Å². The van der Waals surface area contributed by atoms with Crippen molar-refractivity contribution in [2.24, 2.45) is 5.41 Å². The Hall–Kier alpha value is -2.66. The van der Waals surface area contributed by atoms with Gasteiger partial charge in [-0.15, -0.1) is 0 Å². The van der Waals surface area contributed by atoms with Gasteiger partial charge < -0.3 is 15.2 Å². The SMILES string of the molecule is CN1Cc2c(C3=CCNCC3(C)C)[nH]c3nccc(c23)-c2cc(F)ccc21. The van der Waals surface area contributed by atoms with Gasteiger partial charge in [0.15, 0.2) is 0 Å². The first kappa shape index (κ1) is 16.5. The second-order valence-corrected chi connectivity index (χ2v) is 8.21. The van der Waals surface area contributed by atoms with Crippen molar-refractivity contribution in [3.63, 3.8) is 0 Å². The molecule has 1 aromatic carbocycles. The zero-order valence-corrected chi connectivity index (χ0v) is 15.9. The Kier molecular flexibility index (Phi) is 3.46. The van der Waals surface area contributed by atoms with Crippen LogP contribution in [0.5, 0.6) is 0 Å². The molecule has 2 aliphatic heterocycles. The number of anilines is 1. The predicted octanol–water partition coefficient (Wildman–Crippen LogP) is 4.33. The van der Waals surface area contributed by atoms with Crippen molar-refractivity contribution in [3.05, 3.63) is 53.6 Å². The fourth-order valence-electron chi connectivity index (χ4n) is 4.54. The molecule has 0 saturated heterocycles. The molecule has 2 aromatic heterocycles. The highest BCUT2D eigenvalue weighted by Gasteiger charge is 2.32. The topological polar surface area (TPSA) is 44.0 Å². The van der Waals surface area contributed by atoms with Crippen molar-refractivity contribution >= 4 is 22.3 Å². The summed E-state index contributed by atoms with van der Waals surface area (Å²) in [5, 5.41) is 4.56. The Morgan fingerprint density at radius 3 is 2.85 bits per heavy atom. The molecular formula is C22H23FN4. The fraction of sp³-hybridized carbons (Fsp3) is 0.318. The smallest absolute Gasteiger partial charge is 0.138 e. The molecule has 4 heterocycles. The number of hydrogen-bond donors (Lipinski definition) is 2. The molecule has 0 saturated carbocycles. The summed E-state index contributed by atoms with van der Waals surface area (Å²) >= 11 is 0. The molecule has 3 aromatic rings. The standard InChI is InChI=1S/C22H23FN4/c1-22(2)12-24-8-7-17(22)20-16-11-27(3)18-5-4-13(23)10-15(18)14-6-9-25-21(26-20)19(14)16/h4-7,9-10,24H,8,11-12H2,1-3H3,(H,25,26). The molecule has 0 aliphatic carbocycles. The third kappa shape index (κ3) is 2.42. The lowest BCUT2D eigenvalue weighted by Crippen LogP contribution is -2.35. The first-order valence-corrected chi connectivity index (χ1v) is 9.38. The van der Waals surface area contributed by atoms with Crippen molar-refractivity contribution < 1.29 is 4.39 Å². The van der Waals surface area contributed by atoms with Crippen molar-refractivity contribution in [3.8, 4) is 11.1 Å². The summed E-state index contributed by atoms with van der Waals surface area (Å²) < 4.78 is 14.1. The van der Waals surface area contributed by atoms with Crippen LogP contribution in [0.2, 0.25) is 0 Å². The molecule has 0 unspecified atom stereocenters. The van der Waals surface area contributed by atoms with Gasteiger partial charge in [0.2, 0.25) is 0 Å². The van der Waals surface area contributed by atoms with E-state index < -0.39 is 0 Å². The summed E-state index contributed by atoms with van der Waals surface area (Å²) in [6.07, 6.45) is 4.09. The van der Waals surface area contributed by atoms with Gasteiger partial charge in [-0.05, 0) is 35.4 Å². The summed E-state index contributed by atoms with van der Waals surface area (Å²) in [5.74, 6) is -0.214. The minimum absolute atomic E-state index is 0.0274. The number of nitrogens with zero attached hydrogens (tertiary/aromatic N) is 2. The average molecular weight is 362 g/mol. The van der Waals surface area contributed by atoms with E-state index in [-0.39, 0.29) is 11.2 Å². The van der Waals surface area contributed by atoms with Gasteiger partial charge in [-0.1, -0.05) is 19.9 Å². The maximum atomic E-state index is 14.1. The highest BCUT2D eigenvalue weighted by Crippen LogP contribution is 2.45. The molecule has 4 nitrogen and oxygen atoms in total. The number of benzene rings is 1. The van der Waals surface area contributed by atoms with Gasteiger partial charge in [-0.3, -0.25) is 0 Å². The lowest BCUT2D eigenvalue weighted by molar-refractivity contribution is 0.444. The molecule has 0 spiro atoms. The van der Waals surface area contributed by atoms with Crippen LogP contribution in [0.3, 0.4) is 0 Å². The van der Waals surface area contributed by atoms with Crippen molar-refractivity contribution in [2.75, 3.05) is 25.0 Å². The van der Waals surface area contributed by atoms with E-state index in [9.17, 15) is 4.39 Å². The highest BCUT2D eigenvalue weighted by molar-refractivity contribution is 6.03. The average Bonchev–Trinajstić information content (AvgIpc) is 2.93. The van der Waals surface area contributed by atoms with Crippen LogP contribution in [0.1, 0.15) is 25.1 Å². The number of aromatic nitrogens is 2. The number of pyridine rings is 1. The fourth-order valence-corrected chi connectivity index (χ4v) is 4.54. The predicted molar refractivity (Wildman–Crippen MR) is 108 cm³/mol. The summed E-state index contributed by atoms with van der Waals surface area (Å²) in [7, 11) is 2.07. The van der Waals surface area contributed by atoms with E-state index in [1.807, 2.05) is 18.3 Å². The minimum Gasteiger partial charge on any atom is -0.370 e. The Morgan fingerprint density at radius 2 is 2.04 bits per heavy atom. The lowest BCUT2D eigenvalue weighted by atomic mass is 9.79. The number of nitrogens with one attached hydrogen (secondary N) is 2. The van der Waals surface area contributed by atoms with Crippen LogP contribution in [0.25, 0.3) is 27.7 Å². The third-order valence-electron chi connectivity index (χ3n) is 5.87. The molecule has 0 radical (unpaired) electrons. The van der Waals surface area contributed by atoms with Crippen LogP contribution < -0.4 is 10.2 Å². The zero-order chi connectivity index (χ0) is 18.8. The molecule has 0 atom stereocenters. The van der Waals surface area contributed by atoms with E-state index in [1.54, 1.807) is 6.07 Å². The molecule has 138 valence electrons. The van der Waals surface area contributed by atoms with Gasteiger partial charge in [0.1, 0.15) is 11.5 Å². The third-order valence-corrected chi connectivity index (χ3v) is 5.87. The molecule has 0 amide bonds. The van der Waals surface area contributed by atoms with Crippen LogP contribution >= 0.6 is 0 Å². The van der Waals surface area contributed by atoms with Crippen molar-refractivity contribution in [1.29, 1.82) is 0 Å². The minimum atomic E-state index is -0.214. The van der Waals surface area contributed by atoms with Gasteiger partial charge in [-0.25, -0.2) is 9.37 Å². The van der Waals surface area contributed by atoms with Gasteiger partial charge >= 0.3 is 0 Å². The van der Waals surface area contributed by atoms with Gasteiger partial charge in [0.25, 0.3) is 0 Å². The number of halogens is 1. The Labute approximate surface area is 158 Å².